The molecular formula is C22H26O5. The van der Waals surface area contributed by atoms with Crippen LogP contribution in [0.15, 0.2) is 24.3 Å². The second kappa shape index (κ2) is 7.79. The summed E-state index contributed by atoms with van der Waals surface area (Å²) in [7, 11) is 5.04. The Morgan fingerprint density at radius 3 is 2.44 bits per heavy atom. The number of rotatable bonds is 9. The first-order valence-electron chi connectivity index (χ1n) is 9.39. The maximum absolute atomic E-state index is 5.79. The Morgan fingerprint density at radius 1 is 1.00 bits per heavy atom. The maximum Gasteiger partial charge on any atom is 0.203 e. The van der Waals surface area contributed by atoms with E-state index in [1.165, 1.54) is 27.8 Å². The van der Waals surface area contributed by atoms with Crippen molar-refractivity contribution in [1.82, 2.24) is 0 Å². The van der Waals surface area contributed by atoms with E-state index >= 15 is 0 Å². The molecule has 1 aliphatic carbocycles. The fraction of sp³-hybridized carbons (Fsp3) is 0.455. The highest BCUT2D eigenvalue weighted by Gasteiger charge is 2.31. The highest BCUT2D eigenvalue weighted by atomic mass is 16.6. The molecule has 4 rings (SSSR count). The largest absolute Gasteiger partial charge is 0.492 e. The molecule has 144 valence electrons. The first-order valence-corrected chi connectivity index (χ1v) is 9.39. The molecule has 1 atom stereocenters. The van der Waals surface area contributed by atoms with Crippen molar-refractivity contribution in [3.63, 3.8) is 0 Å². The molecular weight excluding hydrogens is 344 g/mol. The van der Waals surface area contributed by atoms with Gasteiger partial charge in [-0.05, 0) is 29.5 Å². The lowest BCUT2D eigenvalue weighted by atomic mass is 9.94. The van der Waals surface area contributed by atoms with Gasteiger partial charge in [-0.15, -0.1) is 0 Å². The first kappa shape index (κ1) is 18.1. The van der Waals surface area contributed by atoms with Crippen LogP contribution in [0, 0.1) is 0 Å². The Bertz CT molecular complexity index is 826. The number of fused-ring (bicyclic) bond motifs is 3. The molecule has 1 heterocycles. The van der Waals surface area contributed by atoms with Crippen LogP contribution in [-0.2, 0) is 22.3 Å². The van der Waals surface area contributed by atoms with Gasteiger partial charge in [-0.2, -0.15) is 0 Å². The zero-order chi connectivity index (χ0) is 18.8. The first-order chi connectivity index (χ1) is 13.3. The molecule has 1 aliphatic heterocycles. The summed E-state index contributed by atoms with van der Waals surface area (Å²) in [5.41, 5.74) is 6.14. The number of benzene rings is 2. The van der Waals surface area contributed by atoms with Gasteiger partial charge in [-0.25, -0.2) is 0 Å². The minimum atomic E-state index is 0.303. The molecule has 2 aromatic carbocycles. The number of hydrogen-bond acceptors (Lipinski definition) is 5. The van der Waals surface area contributed by atoms with E-state index in [-0.39, 0.29) is 0 Å². The molecule has 0 unspecified atom stereocenters. The second-order valence-electron chi connectivity index (χ2n) is 6.90. The van der Waals surface area contributed by atoms with E-state index in [1.807, 2.05) is 0 Å². The molecule has 0 spiro atoms. The van der Waals surface area contributed by atoms with Gasteiger partial charge in [-0.3, -0.25) is 0 Å². The van der Waals surface area contributed by atoms with Crippen molar-refractivity contribution in [3.8, 4) is 28.4 Å². The predicted octanol–water partition coefficient (Wildman–Crippen LogP) is 3.63. The zero-order valence-electron chi connectivity index (χ0n) is 16.2. The summed E-state index contributed by atoms with van der Waals surface area (Å²) in [6, 6.07) is 8.52. The summed E-state index contributed by atoms with van der Waals surface area (Å²) < 4.78 is 28.1. The van der Waals surface area contributed by atoms with Gasteiger partial charge in [0.2, 0.25) is 5.75 Å². The van der Waals surface area contributed by atoms with Crippen LogP contribution in [0.1, 0.15) is 23.1 Å². The van der Waals surface area contributed by atoms with Gasteiger partial charge < -0.3 is 23.7 Å². The highest BCUT2D eigenvalue weighted by Crippen LogP contribution is 2.53. The smallest absolute Gasteiger partial charge is 0.203 e. The summed E-state index contributed by atoms with van der Waals surface area (Å²) >= 11 is 0. The lowest BCUT2D eigenvalue weighted by Crippen LogP contribution is -2.06. The van der Waals surface area contributed by atoms with Crippen molar-refractivity contribution in [2.45, 2.75) is 25.4 Å². The van der Waals surface area contributed by atoms with E-state index in [4.69, 9.17) is 23.7 Å². The third kappa shape index (κ3) is 3.37. The highest BCUT2D eigenvalue weighted by molar-refractivity contribution is 5.86. The van der Waals surface area contributed by atoms with Gasteiger partial charge in [-0.1, -0.05) is 24.3 Å². The lowest BCUT2D eigenvalue weighted by Gasteiger charge is -2.21. The van der Waals surface area contributed by atoms with Gasteiger partial charge >= 0.3 is 0 Å². The molecule has 27 heavy (non-hydrogen) atoms. The standard InChI is InChI=1S/C22H26O5/c1-23-20-17(9-6-10-26-12-15-13-27-15)19-16-8-5-4-7-14(16)11-18(19)21(24-2)22(20)25-3/h4-5,7-8,15H,6,9-13H2,1-3H3/t15-/m0/s1. The van der Waals surface area contributed by atoms with Gasteiger partial charge in [0.15, 0.2) is 11.5 Å². The fourth-order valence-corrected chi connectivity index (χ4v) is 3.97. The minimum absolute atomic E-state index is 0.303. The van der Waals surface area contributed by atoms with Crippen LogP contribution in [0.3, 0.4) is 0 Å². The van der Waals surface area contributed by atoms with Gasteiger partial charge in [0, 0.05) is 24.2 Å². The van der Waals surface area contributed by atoms with Gasteiger partial charge in [0.1, 0.15) is 6.10 Å². The molecule has 0 amide bonds. The third-order valence-electron chi connectivity index (χ3n) is 5.25. The predicted molar refractivity (Wildman–Crippen MR) is 103 cm³/mol. The maximum atomic E-state index is 5.79. The Hall–Kier alpha value is -2.24. The van der Waals surface area contributed by atoms with Crippen molar-refractivity contribution in [1.29, 1.82) is 0 Å². The van der Waals surface area contributed by atoms with Crippen LogP contribution in [0.5, 0.6) is 17.2 Å². The zero-order valence-corrected chi connectivity index (χ0v) is 16.2. The second-order valence-corrected chi connectivity index (χ2v) is 6.90. The molecule has 5 heteroatoms. The summed E-state index contributed by atoms with van der Waals surface area (Å²) in [5, 5.41) is 0. The van der Waals surface area contributed by atoms with Crippen molar-refractivity contribution >= 4 is 0 Å². The molecule has 1 fully saturated rings. The number of methoxy groups -OCH3 is 3. The Morgan fingerprint density at radius 2 is 1.74 bits per heavy atom. The van der Waals surface area contributed by atoms with Crippen LogP contribution in [0.25, 0.3) is 11.1 Å². The molecule has 0 radical (unpaired) electrons. The van der Waals surface area contributed by atoms with Crippen molar-refractivity contribution in [3.05, 3.63) is 41.0 Å². The van der Waals surface area contributed by atoms with Crippen LogP contribution in [-0.4, -0.2) is 47.3 Å². The number of ether oxygens (including phenoxy) is 5. The summed E-state index contributed by atoms with van der Waals surface area (Å²) in [4.78, 5) is 0. The average molecular weight is 370 g/mol. The summed E-state index contributed by atoms with van der Waals surface area (Å²) in [6.45, 7) is 2.21. The van der Waals surface area contributed by atoms with Crippen molar-refractivity contribution < 1.29 is 23.7 Å². The molecule has 0 aromatic heterocycles. The van der Waals surface area contributed by atoms with Gasteiger partial charge in [0.05, 0.1) is 34.5 Å². The monoisotopic (exact) mass is 370 g/mol. The van der Waals surface area contributed by atoms with E-state index in [9.17, 15) is 0 Å². The summed E-state index contributed by atoms with van der Waals surface area (Å²) in [6.07, 6.45) is 2.91. The lowest BCUT2D eigenvalue weighted by molar-refractivity contribution is 0.114. The number of epoxide rings is 1. The van der Waals surface area contributed by atoms with Crippen molar-refractivity contribution in [2.24, 2.45) is 0 Å². The third-order valence-corrected chi connectivity index (χ3v) is 5.25. The minimum Gasteiger partial charge on any atom is -0.492 e. The Balaban J connectivity index is 1.70. The van der Waals surface area contributed by atoms with Crippen LogP contribution in [0.2, 0.25) is 0 Å². The van der Waals surface area contributed by atoms with E-state index in [2.05, 4.69) is 24.3 Å². The SMILES string of the molecule is COc1c(CCCOC[C@H]2CO2)c2c(c(OC)c1OC)Cc1ccccc1-2. The van der Waals surface area contributed by atoms with E-state index in [1.54, 1.807) is 21.3 Å². The van der Waals surface area contributed by atoms with Gasteiger partial charge in [0.25, 0.3) is 0 Å². The molecule has 0 saturated carbocycles. The van der Waals surface area contributed by atoms with E-state index < -0.39 is 0 Å². The molecule has 1 saturated heterocycles. The van der Waals surface area contributed by atoms with E-state index in [0.29, 0.717) is 25.1 Å². The molecule has 5 nitrogen and oxygen atoms in total. The van der Waals surface area contributed by atoms with Crippen LogP contribution < -0.4 is 14.2 Å². The quantitative estimate of drug-likeness (QED) is 0.425. The molecule has 0 bridgehead atoms. The molecule has 2 aliphatic rings. The fourth-order valence-electron chi connectivity index (χ4n) is 3.97. The number of hydrogen-bond donors (Lipinski definition) is 0. The normalized spacial score (nSPS) is 16.6. The summed E-state index contributed by atoms with van der Waals surface area (Å²) in [5.74, 6) is 2.20. The van der Waals surface area contributed by atoms with Crippen LogP contribution in [0.4, 0.5) is 0 Å². The molecule has 2 aromatic rings. The van der Waals surface area contributed by atoms with Crippen LogP contribution >= 0.6 is 0 Å². The molecule has 0 N–H and O–H groups in total. The van der Waals surface area contributed by atoms with E-state index in [0.717, 1.165) is 37.4 Å². The Labute approximate surface area is 160 Å². The average Bonchev–Trinajstić information content (AvgIpc) is 3.44. The Kier molecular flexibility index (Phi) is 5.23. The van der Waals surface area contributed by atoms with Crippen molar-refractivity contribution in [2.75, 3.05) is 41.2 Å². The topological polar surface area (TPSA) is 49.5 Å².